The summed E-state index contributed by atoms with van der Waals surface area (Å²) in [6, 6.07) is 11.5. The molecule has 0 spiro atoms. The van der Waals surface area contributed by atoms with Gasteiger partial charge in [-0.15, -0.1) is 0 Å². The van der Waals surface area contributed by atoms with E-state index in [1.165, 1.54) is 29.7 Å². The van der Waals surface area contributed by atoms with E-state index >= 15 is 0 Å². The number of benzene rings is 2. The first-order valence-electron chi connectivity index (χ1n) is 13.4. The van der Waals surface area contributed by atoms with Crippen LogP contribution in [0.2, 0.25) is 0 Å². The van der Waals surface area contributed by atoms with Gasteiger partial charge in [-0.1, -0.05) is 25.3 Å². The zero-order chi connectivity index (χ0) is 26.8. The van der Waals surface area contributed by atoms with Gasteiger partial charge in [0.15, 0.2) is 0 Å². The van der Waals surface area contributed by atoms with Gasteiger partial charge in [-0.3, -0.25) is 9.59 Å². The lowest BCUT2D eigenvalue weighted by molar-refractivity contribution is -0.144. The molecule has 8 nitrogen and oxygen atoms in total. The van der Waals surface area contributed by atoms with Crippen molar-refractivity contribution in [3.63, 3.8) is 0 Å². The molecular weight excluding hydrogens is 482 g/mol. The van der Waals surface area contributed by atoms with Crippen LogP contribution in [0.15, 0.2) is 36.4 Å². The molecule has 1 aliphatic heterocycles. The summed E-state index contributed by atoms with van der Waals surface area (Å²) in [6.07, 6.45) is 6.47. The van der Waals surface area contributed by atoms with Crippen molar-refractivity contribution in [2.45, 2.75) is 62.4 Å². The number of carboxylic acids is 1. The minimum atomic E-state index is -0.968. The Morgan fingerprint density at radius 3 is 2.53 bits per heavy atom. The highest BCUT2D eigenvalue weighted by Gasteiger charge is 2.59. The summed E-state index contributed by atoms with van der Waals surface area (Å²) in [5, 5.41) is 14.0. The van der Waals surface area contributed by atoms with Gasteiger partial charge in [-0.25, -0.2) is 4.79 Å². The van der Waals surface area contributed by atoms with Crippen LogP contribution in [0.5, 0.6) is 5.75 Å². The molecule has 2 heterocycles. The van der Waals surface area contributed by atoms with Gasteiger partial charge in [0.2, 0.25) is 0 Å². The number of nitrogens with one attached hydrogen (secondary N) is 1. The third-order valence-electron chi connectivity index (χ3n) is 8.73. The highest BCUT2D eigenvalue weighted by molar-refractivity contribution is 6.35. The third kappa shape index (κ3) is 3.77. The van der Waals surface area contributed by atoms with Crippen molar-refractivity contribution in [1.82, 2.24) is 14.8 Å². The van der Waals surface area contributed by atoms with Crippen LogP contribution in [0.3, 0.4) is 0 Å². The fraction of sp³-hybridized carbons (Fsp3) is 0.433. The van der Waals surface area contributed by atoms with E-state index in [9.17, 15) is 19.5 Å². The number of hydrogen-bond donors (Lipinski definition) is 2. The number of rotatable bonds is 4. The summed E-state index contributed by atoms with van der Waals surface area (Å²) in [4.78, 5) is 38.7. The molecule has 2 saturated carbocycles. The predicted molar refractivity (Wildman–Crippen MR) is 144 cm³/mol. The predicted octanol–water partition coefficient (Wildman–Crippen LogP) is 4.51. The van der Waals surface area contributed by atoms with Crippen LogP contribution in [0.25, 0.3) is 22.2 Å². The zero-order valence-corrected chi connectivity index (χ0v) is 22.0. The van der Waals surface area contributed by atoms with Gasteiger partial charge < -0.3 is 24.6 Å². The van der Waals surface area contributed by atoms with Crippen LogP contribution >= 0.6 is 0 Å². The lowest BCUT2D eigenvalue weighted by Gasteiger charge is -2.24. The lowest BCUT2D eigenvalue weighted by Crippen LogP contribution is -2.47. The molecule has 0 radical (unpaired) electrons. The van der Waals surface area contributed by atoms with Crippen molar-refractivity contribution in [3.8, 4) is 17.0 Å². The van der Waals surface area contributed by atoms with Crippen molar-refractivity contribution in [2.75, 3.05) is 21.2 Å². The summed E-state index contributed by atoms with van der Waals surface area (Å²) < 4.78 is 7.80. The van der Waals surface area contributed by atoms with E-state index in [0.29, 0.717) is 18.9 Å². The van der Waals surface area contributed by atoms with Gasteiger partial charge in [0.1, 0.15) is 5.75 Å². The number of fused-ring (bicyclic) bond motifs is 7. The molecule has 198 valence electrons. The lowest BCUT2D eigenvalue weighted by atomic mass is 9.81. The molecular formula is C30H33N3O5. The number of carbonyl (C=O) groups excluding carboxylic acids is 2. The van der Waals surface area contributed by atoms with Crippen LogP contribution in [-0.4, -0.2) is 59.1 Å². The summed E-state index contributed by atoms with van der Waals surface area (Å²) in [5.74, 6) is -1.04. The molecule has 2 unspecified atom stereocenters. The Balaban J connectivity index is 1.60. The highest BCUT2D eigenvalue weighted by atomic mass is 16.5. The Hall–Kier alpha value is -3.81. The Morgan fingerprint density at radius 2 is 1.84 bits per heavy atom. The Bertz CT molecular complexity index is 1480. The first kappa shape index (κ1) is 24.5. The average Bonchev–Trinajstić information content (AvgIpc) is 3.55. The number of aromatic nitrogens is 1. The first-order valence-corrected chi connectivity index (χ1v) is 13.4. The molecule has 8 heteroatoms. The van der Waals surface area contributed by atoms with Crippen LogP contribution in [0.1, 0.15) is 71.8 Å². The molecule has 38 heavy (non-hydrogen) atoms. The van der Waals surface area contributed by atoms with Crippen molar-refractivity contribution in [3.05, 3.63) is 53.1 Å². The maximum absolute atomic E-state index is 13.0. The molecule has 1 aromatic heterocycles. The molecule has 0 saturated heterocycles. The van der Waals surface area contributed by atoms with E-state index in [1.807, 2.05) is 12.1 Å². The minimum absolute atomic E-state index is 0.0170. The van der Waals surface area contributed by atoms with Crippen LogP contribution in [-0.2, 0) is 16.1 Å². The van der Waals surface area contributed by atoms with E-state index in [-0.39, 0.29) is 11.5 Å². The van der Waals surface area contributed by atoms with Crippen LogP contribution < -0.4 is 10.1 Å². The maximum atomic E-state index is 13.0. The summed E-state index contributed by atoms with van der Waals surface area (Å²) >= 11 is 0. The third-order valence-corrected chi connectivity index (χ3v) is 8.73. The molecule has 3 aromatic rings. The summed E-state index contributed by atoms with van der Waals surface area (Å²) in [6.45, 7) is 0.461. The van der Waals surface area contributed by atoms with E-state index in [1.54, 1.807) is 33.3 Å². The zero-order valence-electron chi connectivity index (χ0n) is 22.0. The number of methoxy groups -OCH3 is 1. The minimum Gasteiger partial charge on any atom is -0.497 e. The number of carboxylic acid groups (broad SMARTS) is 1. The maximum Gasteiger partial charge on any atom is 0.335 e. The topological polar surface area (TPSA) is 101 Å². The van der Waals surface area contributed by atoms with E-state index in [4.69, 9.17) is 4.74 Å². The van der Waals surface area contributed by atoms with Gasteiger partial charge >= 0.3 is 17.8 Å². The number of aromatic carboxylic acids is 1. The van der Waals surface area contributed by atoms with Crippen molar-refractivity contribution in [2.24, 2.45) is 0 Å². The molecule has 2 atom stereocenters. The van der Waals surface area contributed by atoms with Crippen LogP contribution in [0.4, 0.5) is 0 Å². The smallest absolute Gasteiger partial charge is 0.335 e. The van der Waals surface area contributed by atoms with Gasteiger partial charge in [-0.05, 0) is 66.6 Å². The van der Waals surface area contributed by atoms with Crippen LogP contribution in [0, 0.1) is 0 Å². The molecule has 6 rings (SSSR count). The van der Waals surface area contributed by atoms with E-state index in [0.717, 1.165) is 46.3 Å². The average molecular weight is 516 g/mol. The summed E-state index contributed by atoms with van der Waals surface area (Å²) in [5.41, 5.74) is 5.02. The monoisotopic (exact) mass is 515 g/mol. The van der Waals surface area contributed by atoms with E-state index < -0.39 is 23.3 Å². The van der Waals surface area contributed by atoms with Crippen molar-refractivity contribution < 1.29 is 24.2 Å². The quantitative estimate of drug-likeness (QED) is 0.498. The second-order valence-electron chi connectivity index (χ2n) is 11.2. The van der Waals surface area contributed by atoms with Gasteiger partial charge in [-0.2, -0.15) is 0 Å². The number of ether oxygens (including phenoxy) is 1. The Kier molecular flexibility index (Phi) is 5.74. The second kappa shape index (κ2) is 8.89. The number of amides is 2. The molecule has 2 aromatic carbocycles. The molecule has 3 aliphatic rings. The summed E-state index contributed by atoms with van der Waals surface area (Å²) in [7, 11) is 4.78. The SMILES string of the molecule is COc1ccc2c(c1)C1CC1(NC(=O)C(=O)N(C)C)Cn1c-2c(C2CCCCC2)c2ccc(C(=O)O)cc21. The number of carbonyl (C=O) groups is 3. The highest BCUT2D eigenvalue weighted by Crippen LogP contribution is 2.59. The number of likely N-dealkylation sites (N-methyl/N-ethyl adjacent to an activating group) is 1. The fourth-order valence-electron chi connectivity index (χ4n) is 6.77. The second-order valence-corrected chi connectivity index (χ2v) is 11.2. The molecule has 2 amide bonds. The Morgan fingerprint density at radius 1 is 1.08 bits per heavy atom. The van der Waals surface area contributed by atoms with Crippen molar-refractivity contribution >= 4 is 28.7 Å². The standard InChI is InChI=1S/C30H33N3O5/c1-32(2)28(35)27(34)31-30-15-23(30)22-14-19(38-3)10-12-20(22)26-25(17-7-5-4-6-8-17)21-11-9-18(29(36)37)13-24(21)33(26)16-30/h9-14,17,23H,4-8,15-16H2,1-3H3,(H,31,34)(H,36,37). The molecule has 2 aliphatic carbocycles. The molecule has 2 N–H and O–H groups in total. The number of hydrogen-bond acceptors (Lipinski definition) is 4. The van der Waals surface area contributed by atoms with Gasteiger partial charge in [0, 0.05) is 43.0 Å². The number of nitrogens with zero attached hydrogens (tertiary/aromatic N) is 2. The fourth-order valence-corrected chi connectivity index (χ4v) is 6.77. The molecule has 2 fully saturated rings. The van der Waals surface area contributed by atoms with Gasteiger partial charge in [0.25, 0.3) is 0 Å². The van der Waals surface area contributed by atoms with Crippen molar-refractivity contribution in [1.29, 1.82) is 0 Å². The van der Waals surface area contributed by atoms with E-state index in [2.05, 4.69) is 22.0 Å². The first-order chi connectivity index (χ1) is 18.2. The molecule has 0 bridgehead atoms. The van der Waals surface area contributed by atoms with Gasteiger partial charge in [0.05, 0.1) is 23.9 Å². The largest absolute Gasteiger partial charge is 0.497 e. The normalized spacial score (nSPS) is 22.0. The Labute approximate surface area is 221 Å².